The molecule has 0 aliphatic heterocycles. The number of fused-ring (bicyclic) bond motifs is 1. The van der Waals surface area contributed by atoms with Gasteiger partial charge >= 0.3 is 0 Å². The van der Waals surface area contributed by atoms with Crippen LogP contribution in [0.4, 0.5) is 5.88 Å². The van der Waals surface area contributed by atoms with Crippen LogP contribution in [-0.4, -0.2) is 17.7 Å². The normalized spacial score (nSPS) is 16.7. The quantitative estimate of drug-likeness (QED) is 0.939. The van der Waals surface area contributed by atoms with Crippen LogP contribution in [0.3, 0.4) is 0 Å². The lowest BCUT2D eigenvalue weighted by Crippen LogP contribution is -2.22. The largest absolute Gasteiger partial charge is 0.483 e. The molecule has 0 spiro atoms. The molecule has 5 heteroatoms. The summed E-state index contributed by atoms with van der Waals surface area (Å²) in [4.78, 5) is 12.1. The van der Waals surface area contributed by atoms with E-state index >= 15 is 0 Å². The molecule has 1 aliphatic carbocycles. The third-order valence-corrected chi connectivity index (χ3v) is 4.31. The van der Waals surface area contributed by atoms with Crippen molar-refractivity contribution in [2.24, 2.45) is 5.92 Å². The van der Waals surface area contributed by atoms with Gasteiger partial charge in [0, 0.05) is 5.56 Å². The molecule has 122 valence electrons. The third kappa shape index (κ3) is 3.38. The molecule has 2 aromatic rings. The summed E-state index contributed by atoms with van der Waals surface area (Å²) in [6, 6.07) is 5.91. The van der Waals surface area contributed by atoms with Crippen LogP contribution in [0.15, 0.2) is 22.7 Å². The van der Waals surface area contributed by atoms with Crippen molar-refractivity contribution in [3.05, 3.63) is 40.6 Å². The number of rotatable bonds is 4. The van der Waals surface area contributed by atoms with Gasteiger partial charge in [-0.25, -0.2) is 0 Å². The molecule has 1 atom stereocenters. The molecule has 0 bridgehead atoms. The third-order valence-electron chi connectivity index (χ3n) is 4.31. The van der Waals surface area contributed by atoms with E-state index in [0.29, 0.717) is 11.8 Å². The minimum atomic E-state index is -0.232. The first-order chi connectivity index (χ1) is 11.0. The highest BCUT2D eigenvalue weighted by molar-refractivity contribution is 5.91. The number of hydrogen-bond acceptors (Lipinski definition) is 4. The van der Waals surface area contributed by atoms with Crippen LogP contribution in [0.25, 0.3) is 0 Å². The molecule has 1 heterocycles. The number of amides is 1. The number of nitrogens with one attached hydrogen (secondary N) is 1. The van der Waals surface area contributed by atoms with Gasteiger partial charge in [0.1, 0.15) is 5.75 Å². The van der Waals surface area contributed by atoms with Crippen LogP contribution in [0.5, 0.6) is 5.75 Å². The van der Waals surface area contributed by atoms with Crippen molar-refractivity contribution in [1.29, 1.82) is 0 Å². The van der Waals surface area contributed by atoms with Crippen molar-refractivity contribution in [2.45, 2.75) is 40.0 Å². The average molecular weight is 314 g/mol. The zero-order valence-corrected chi connectivity index (χ0v) is 13.8. The van der Waals surface area contributed by atoms with Gasteiger partial charge in [-0.15, -0.1) is 0 Å². The summed E-state index contributed by atoms with van der Waals surface area (Å²) in [6.45, 7) is 6.09. The van der Waals surface area contributed by atoms with Crippen LogP contribution in [0.2, 0.25) is 0 Å². The van der Waals surface area contributed by atoms with E-state index in [9.17, 15) is 4.79 Å². The number of benzene rings is 1. The van der Waals surface area contributed by atoms with Crippen molar-refractivity contribution in [1.82, 2.24) is 5.16 Å². The molecule has 5 nitrogen and oxygen atoms in total. The number of para-hydroxylation sites is 1. The summed E-state index contributed by atoms with van der Waals surface area (Å²) in [7, 11) is 0. The fourth-order valence-corrected chi connectivity index (χ4v) is 3.01. The van der Waals surface area contributed by atoms with Crippen molar-refractivity contribution in [3.63, 3.8) is 0 Å². The molecule has 1 amide bonds. The smallest absolute Gasteiger partial charge is 0.264 e. The van der Waals surface area contributed by atoms with Gasteiger partial charge in [0.15, 0.2) is 6.61 Å². The second-order valence-electron chi connectivity index (χ2n) is 6.34. The van der Waals surface area contributed by atoms with E-state index < -0.39 is 0 Å². The van der Waals surface area contributed by atoms with E-state index in [0.717, 1.165) is 47.4 Å². The van der Waals surface area contributed by atoms with Crippen molar-refractivity contribution >= 4 is 11.8 Å². The van der Waals surface area contributed by atoms with E-state index in [-0.39, 0.29) is 12.5 Å². The maximum absolute atomic E-state index is 12.1. The molecule has 1 aromatic carbocycles. The minimum Gasteiger partial charge on any atom is -0.483 e. The lowest BCUT2D eigenvalue weighted by atomic mass is 9.89. The van der Waals surface area contributed by atoms with Gasteiger partial charge in [-0.3, -0.25) is 10.1 Å². The highest BCUT2D eigenvalue weighted by Gasteiger charge is 2.24. The number of hydrogen-bond donors (Lipinski definition) is 1. The summed E-state index contributed by atoms with van der Waals surface area (Å²) in [5, 5.41) is 6.85. The number of carbonyl (C=O) groups is 1. The fourth-order valence-electron chi connectivity index (χ4n) is 3.01. The zero-order chi connectivity index (χ0) is 16.4. The summed E-state index contributed by atoms with van der Waals surface area (Å²) in [6.07, 6.45) is 2.92. The van der Waals surface area contributed by atoms with E-state index in [4.69, 9.17) is 9.26 Å². The van der Waals surface area contributed by atoms with Crippen molar-refractivity contribution < 1.29 is 14.1 Å². The summed E-state index contributed by atoms with van der Waals surface area (Å²) in [5.74, 6) is 1.59. The van der Waals surface area contributed by atoms with Crippen molar-refractivity contribution in [2.75, 3.05) is 11.9 Å². The Balaban J connectivity index is 1.63. The summed E-state index contributed by atoms with van der Waals surface area (Å²) < 4.78 is 11.0. The van der Waals surface area contributed by atoms with Crippen LogP contribution < -0.4 is 10.1 Å². The van der Waals surface area contributed by atoms with E-state index in [1.807, 2.05) is 32.0 Å². The van der Waals surface area contributed by atoms with Crippen LogP contribution in [0, 0.1) is 19.8 Å². The molecule has 0 radical (unpaired) electrons. The van der Waals surface area contributed by atoms with Gasteiger partial charge in [0.05, 0.1) is 5.69 Å². The standard InChI is InChI=1S/C18H22N2O3/c1-11-7-8-15-14(9-11)18(23-20-15)19-16(21)10-22-17-12(2)5-4-6-13(17)3/h4-6,11H,7-10H2,1-3H3,(H,19,21). The van der Waals surface area contributed by atoms with E-state index in [1.54, 1.807) is 0 Å². The molecule has 1 aromatic heterocycles. The second kappa shape index (κ2) is 6.44. The Labute approximate surface area is 136 Å². The van der Waals surface area contributed by atoms with Crippen LogP contribution in [0.1, 0.15) is 35.7 Å². The number of aryl methyl sites for hydroxylation is 3. The number of aromatic nitrogens is 1. The number of ether oxygens (including phenoxy) is 1. The Hall–Kier alpha value is -2.30. The topological polar surface area (TPSA) is 64.4 Å². The molecule has 0 fully saturated rings. The molecule has 0 saturated carbocycles. The molecular formula is C18H22N2O3. The SMILES string of the molecule is Cc1cccc(C)c1OCC(=O)Nc1onc2c1CC(C)CC2. The van der Waals surface area contributed by atoms with Gasteiger partial charge in [-0.1, -0.05) is 30.3 Å². The molecule has 1 N–H and O–H groups in total. The van der Waals surface area contributed by atoms with Gasteiger partial charge < -0.3 is 9.26 Å². The van der Waals surface area contributed by atoms with Gasteiger partial charge in [-0.05, 0) is 50.2 Å². The Bertz CT molecular complexity index is 701. The minimum absolute atomic E-state index is 0.0449. The monoisotopic (exact) mass is 314 g/mol. The highest BCUT2D eigenvalue weighted by Crippen LogP contribution is 2.30. The maximum atomic E-state index is 12.1. The second-order valence-corrected chi connectivity index (χ2v) is 6.34. The first-order valence-corrected chi connectivity index (χ1v) is 8.01. The Morgan fingerprint density at radius 3 is 2.87 bits per heavy atom. The summed E-state index contributed by atoms with van der Waals surface area (Å²) in [5.41, 5.74) is 4.03. The van der Waals surface area contributed by atoms with Gasteiger partial charge in [-0.2, -0.15) is 0 Å². The van der Waals surface area contributed by atoms with Crippen LogP contribution in [-0.2, 0) is 17.6 Å². The maximum Gasteiger partial charge on any atom is 0.264 e. The molecule has 1 aliphatic rings. The molecular weight excluding hydrogens is 292 g/mol. The van der Waals surface area contributed by atoms with Gasteiger partial charge in [0.25, 0.3) is 5.91 Å². The fraction of sp³-hybridized carbons (Fsp3) is 0.444. The van der Waals surface area contributed by atoms with Crippen molar-refractivity contribution in [3.8, 4) is 5.75 Å². The first-order valence-electron chi connectivity index (χ1n) is 8.01. The Kier molecular flexibility index (Phi) is 4.37. The van der Waals surface area contributed by atoms with Crippen LogP contribution >= 0.6 is 0 Å². The molecule has 0 saturated heterocycles. The lowest BCUT2D eigenvalue weighted by Gasteiger charge is -2.16. The highest BCUT2D eigenvalue weighted by atomic mass is 16.5. The molecule has 1 unspecified atom stereocenters. The Morgan fingerprint density at radius 1 is 1.39 bits per heavy atom. The summed E-state index contributed by atoms with van der Waals surface area (Å²) >= 11 is 0. The number of nitrogens with zero attached hydrogens (tertiary/aromatic N) is 1. The Morgan fingerprint density at radius 2 is 2.13 bits per heavy atom. The predicted molar refractivity (Wildman–Crippen MR) is 87.7 cm³/mol. The number of anilines is 1. The average Bonchev–Trinajstić information content (AvgIpc) is 2.89. The number of carbonyl (C=O) groups excluding carboxylic acids is 1. The first kappa shape index (κ1) is 15.6. The zero-order valence-electron chi connectivity index (χ0n) is 13.8. The molecule has 23 heavy (non-hydrogen) atoms. The lowest BCUT2D eigenvalue weighted by molar-refractivity contribution is -0.118. The molecule has 3 rings (SSSR count). The predicted octanol–water partition coefficient (Wildman–Crippen LogP) is 3.43. The van der Waals surface area contributed by atoms with E-state index in [1.165, 1.54) is 0 Å². The van der Waals surface area contributed by atoms with E-state index in [2.05, 4.69) is 17.4 Å². The van der Waals surface area contributed by atoms with Gasteiger partial charge in [0.2, 0.25) is 5.88 Å².